The van der Waals surface area contributed by atoms with E-state index in [1.165, 1.54) is 11.1 Å². The second-order valence-electron chi connectivity index (χ2n) is 6.60. The van der Waals surface area contributed by atoms with Crippen LogP contribution in [-0.4, -0.2) is 37.1 Å². The van der Waals surface area contributed by atoms with Gasteiger partial charge in [0.25, 0.3) is 0 Å². The van der Waals surface area contributed by atoms with Crippen molar-refractivity contribution in [1.29, 1.82) is 0 Å². The van der Waals surface area contributed by atoms with Gasteiger partial charge in [0.2, 0.25) is 5.91 Å². The molecule has 2 heterocycles. The van der Waals surface area contributed by atoms with Crippen molar-refractivity contribution in [2.75, 3.05) is 32.0 Å². The quantitative estimate of drug-likeness (QED) is 0.855. The van der Waals surface area contributed by atoms with Crippen molar-refractivity contribution in [3.63, 3.8) is 0 Å². The van der Waals surface area contributed by atoms with Crippen LogP contribution in [0.4, 0.5) is 5.69 Å². The number of nitrogens with zero attached hydrogens (tertiary/aromatic N) is 1. The summed E-state index contributed by atoms with van der Waals surface area (Å²) >= 11 is 0. The van der Waals surface area contributed by atoms with Crippen LogP contribution in [-0.2, 0) is 9.53 Å². The molecule has 1 aromatic rings. The monoisotopic (exact) mass is 302 g/mol. The molecular weight excluding hydrogens is 276 g/mol. The SMILES string of the molecule is Cc1cc(N)ccc1C1CCN(C(=O)C2CCOCC2)CC1. The Morgan fingerprint density at radius 1 is 1.18 bits per heavy atom. The molecule has 1 aromatic carbocycles. The van der Waals surface area contributed by atoms with Crippen molar-refractivity contribution in [2.24, 2.45) is 5.92 Å². The topological polar surface area (TPSA) is 55.6 Å². The van der Waals surface area contributed by atoms with Gasteiger partial charge in [-0.15, -0.1) is 0 Å². The number of nitrogens with two attached hydrogens (primary N) is 1. The summed E-state index contributed by atoms with van der Waals surface area (Å²) in [6.45, 7) is 5.36. The van der Waals surface area contributed by atoms with E-state index < -0.39 is 0 Å². The minimum absolute atomic E-state index is 0.184. The number of carbonyl (C=O) groups excluding carboxylic acids is 1. The number of amides is 1. The van der Waals surface area contributed by atoms with E-state index in [2.05, 4.69) is 24.0 Å². The molecule has 22 heavy (non-hydrogen) atoms. The summed E-state index contributed by atoms with van der Waals surface area (Å²) in [6.07, 6.45) is 3.88. The number of likely N-dealkylation sites (tertiary alicyclic amines) is 1. The van der Waals surface area contributed by atoms with Gasteiger partial charge in [-0.25, -0.2) is 0 Å². The molecule has 0 atom stereocenters. The van der Waals surface area contributed by atoms with Crippen molar-refractivity contribution in [3.05, 3.63) is 29.3 Å². The fourth-order valence-corrected chi connectivity index (χ4v) is 3.77. The summed E-state index contributed by atoms with van der Waals surface area (Å²) in [5, 5.41) is 0. The molecular formula is C18H26N2O2. The van der Waals surface area contributed by atoms with Gasteiger partial charge in [0.15, 0.2) is 0 Å². The molecule has 4 heteroatoms. The average Bonchev–Trinajstić information content (AvgIpc) is 2.55. The van der Waals surface area contributed by atoms with E-state index >= 15 is 0 Å². The van der Waals surface area contributed by atoms with Crippen molar-refractivity contribution >= 4 is 11.6 Å². The number of anilines is 1. The van der Waals surface area contributed by atoms with Gasteiger partial charge in [-0.2, -0.15) is 0 Å². The summed E-state index contributed by atoms with van der Waals surface area (Å²) in [4.78, 5) is 14.6. The molecule has 0 bridgehead atoms. The van der Waals surface area contributed by atoms with Crippen LogP contribution in [0.1, 0.15) is 42.7 Å². The molecule has 2 saturated heterocycles. The van der Waals surface area contributed by atoms with Crippen LogP contribution < -0.4 is 5.73 Å². The van der Waals surface area contributed by atoms with E-state index in [1.54, 1.807) is 0 Å². The highest BCUT2D eigenvalue weighted by atomic mass is 16.5. The van der Waals surface area contributed by atoms with E-state index in [9.17, 15) is 4.79 Å². The minimum atomic E-state index is 0.184. The second kappa shape index (κ2) is 6.69. The fourth-order valence-electron chi connectivity index (χ4n) is 3.77. The van der Waals surface area contributed by atoms with Crippen LogP contribution in [0.2, 0.25) is 0 Å². The molecule has 0 aliphatic carbocycles. The normalized spacial score (nSPS) is 21.0. The van der Waals surface area contributed by atoms with E-state index in [1.807, 2.05) is 6.07 Å². The summed E-state index contributed by atoms with van der Waals surface area (Å²) in [7, 11) is 0. The van der Waals surface area contributed by atoms with Gasteiger partial charge in [0.05, 0.1) is 0 Å². The first-order chi connectivity index (χ1) is 10.6. The van der Waals surface area contributed by atoms with Gasteiger partial charge in [-0.05, 0) is 61.8 Å². The van der Waals surface area contributed by atoms with Crippen LogP contribution in [0, 0.1) is 12.8 Å². The van der Waals surface area contributed by atoms with E-state index in [-0.39, 0.29) is 5.92 Å². The maximum Gasteiger partial charge on any atom is 0.225 e. The second-order valence-corrected chi connectivity index (χ2v) is 6.60. The minimum Gasteiger partial charge on any atom is -0.399 e. The zero-order valence-electron chi connectivity index (χ0n) is 13.4. The van der Waals surface area contributed by atoms with Crippen molar-refractivity contribution < 1.29 is 9.53 Å². The van der Waals surface area contributed by atoms with E-state index in [0.29, 0.717) is 11.8 Å². The third-order valence-corrected chi connectivity index (χ3v) is 5.11. The lowest BCUT2D eigenvalue weighted by Gasteiger charge is -2.35. The Labute approximate surface area is 132 Å². The molecule has 1 amide bonds. The predicted octanol–water partition coefficient (Wildman–Crippen LogP) is 2.71. The van der Waals surface area contributed by atoms with E-state index in [0.717, 1.165) is 57.7 Å². The van der Waals surface area contributed by atoms with Gasteiger partial charge in [-0.3, -0.25) is 4.79 Å². The highest BCUT2D eigenvalue weighted by Crippen LogP contribution is 2.32. The summed E-state index contributed by atoms with van der Waals surface area (Å²) < 4.78 is 5.35. The summed E-state index contributed by atoms with van der Waals surface area (Å²) in [5.74, 6) is 1.08. The number of benzene rings is 1. The van der Waals surface area contributed by atoms with Crippen molar-refractivity contribution in [1.82, 2.24) is 4.90 Å². The molecule has 2 fully saturated rings. The summed E-state index contributed by atoms with van der Waals surface area (Å²) in [6, 6.07) is 6.20. The molecule has 2 aliphatic heterocycles. The van der Waals surface area contributed by atoms with Crippen molar-refractivity contribution in [2.45, 2.75) is 38.5 Å². The zero-order valence-corrected chi connectivity index (χ0v) is 13.4. The third kappa shape index (κ3) is 3.27. The van der Waals surface area contributed by atoms with Gasteiger partial charge < -0.3 is 15.4 Å². The number of hydrogen-bond acceptors (Lipinski definition) is 3. The number of carbonyl (C=O) groups is 1. The third-order valence-electron chi connectivity index (χ3n) is 5.11. The Balaban J connectivity index is 1.59. The number of piperidine rings is 1. The van der Waals surface area contributed by atoms with Crippen molar-refractivity contribution in [3.8, 4) is 0 Å². The molecule has 120 valence electrons. The lowest BCUT2D eigenvalue weighted by molar-refractivity contribution is -0.139. The van der Waals surface area contributed by atoms with Gasteiger partial charge >= 0.3 is 0 Å². The van der Waals surface area contributed by atoms with Gasteiger partial charge in [0.1, 0.15) is 0 Å². The Morgan fingerprint density at radius 3 is 2.50 bits per heavy atom. The van der Waals surface area contributed by atoms with Gasteiger partial charge in [-0.1, -0.05) is 6.07 Å². The average molecular weight is 302 g/mol. The maximum atomic E-state index is 12.6. The number of ether oxygens (including phenoxy) is 1. The smallest absolute Gasteiger partial charge is 0.225 e. The predicted molar refractivity (Wildman–Crippen MR) is 87.7 cm³/mol. The Morgan fingerprint density at radius 2 is 1.86 bits per heavy atom. The Bertz CT molecular complexity index is 530. The molecule has 2 N–H and O–H groups in total. The molecule has 0 radical (unpaired) electrons. The lowest BCUT2D eigenvalue weighted by Crippen LogP contribution is -2.42. The molecule has 0 saturated carbocycles. The molecule has 4 nitrogen and oxygen atoms in total. The number of nitrogen functional groups attached to an aromatic ring is 1. The highest BCUT2D eigenvalue weighted by molar-refractivity contribution is 5.79. The summed E-state index contributed by atoms with van der Waals surface area (Å²) in [5.41, 5.74) is 9.33. The largest absolute Gasteiger partial charge is 0.399 e. The lowest BCUT2D eigenvalue weighted by atomic mass is 9.86. The molecule has 0 unspecified atom stereocenters. The highest BCUT2D eigenvalue weighted by Gasteiger charge is 2.30. The molecule has 0 aromatic heterocycles. The van der Waals surface area contributed by atoms with Crippen LogP contribution in [0.15, 0.2) is 18.2 Å². The first-order valence-corrected chi connectivity index (χ1v) is 8.37. The number of hydrogen-bond donors (Lipinski definition) is 1. The maximum absolute atomic E-state index is 12.6. The number of aryl methyl sites for hydroxylation is 1. The molecule has 3 rings (SSSR count). The van der Waals surface area contributed by atoms with Crippen LogP contribution in [0.25, 0.3) is 0 Å². The standard InChI is InChI=1S/C18H26N2O2/c1-13-12-16(19)2-3-17(13)14-4-8-20(9-5-14)18(21)15-6-10-22-11-7-15/h2-3,12,14-15H,4-11,19H2,1H3. The molecule has 0 spiro atoms. The van der Waals surface area contributed by atoms with Gasteiger partial charge in [0, 0.05) is 37.9 Å². The van der Waals surface area contributed by atoms with Crippen LogP contribution in [0.3, 0.4) is 0 Å². The number of rotatable bonds is 2. The fraction of sp³-hybridized carbons (Fsp3) is 0.611. The first-order valence-electron chi connectivity index (χ1n) is 8.37. The van der Waals surface area contributed by atoms with Crippen LogP contribution >= 0.6 is 0 Å². The Kier molecular flexibility index (Phi) is 4.67. The molecule has 2 aliphatic rings. The van der Waals surface area contributed by atoms with E-state index in [4.69, 9.17) is 10.5 Å². The zero-order chi connectivity index (χ0) is 15.5. The van der Waals surface area contributed by atoms with Crippen LogP contribution in [0.5, 0.6) is 0 Å². The first kappa shape index (κ1) is 15.3. The Hall–Kier alpha value is -1.55.